The lowest BCUT2D eigenvalue weighted by Gasteiger charge is -2.26. The predicted octanol–water partition coefficient (Wildman–Crippen LogP) is 2.69. The molecule has 2 aliphatic rings. The summed E-state index contributed by atoms with van der Waals surface area (Å²) in [6.45, 7) is 6.42. The van der Waals surface area contributed by atoms with E-state index >= 15 is 0 Å². The molecule has 8 heteroatoms. The first-order chi connectivity index (χ1) is 15.7. The van der Waals surface area contributed by atoms with Gasteiger partial charge in [-0.05, 0) is 69.6 Å². The summed E-state index contributed by atoms with van der Waals surface area (Å²) in [5, 5.41) is 20.5. The minimum Gasteiger partial charge on any atom is -0.395 e. The van der Waals surface area contributed by atoms with Gasteiger partial charge in [0, 0.05) is 25.4 Å². The molecule has 0 saturated carbocycles. The first kappa shape index (κ1) is 22.2. The third-order valence-electron chi connectivity index (χ3n) is 5.86. The SMILES string of the molecule is CC1=CC(=Nc2c(NCCCN3CCCCC3)nn3ccccc23)C(NCCO)=CC1=O. The van der Waals surface area contributed by atoms with E-state index in [-0.39, 0.29) is 12.4 Å². The van der Waals surface area contributed by atoms with E-state index in [1.54, 1.807) is 19.1 Å². The molecule has 0 atom stereocenters. The molecule has 1 aliphatic heterocycles. The van der Waals surface area contributed by atoms with Gasteiger partial charge in [0.15, 0.2) is 11.6 Å². The minimum atomic E-state index is -0.0553. The number of fused-ring (bicyclic) bond motifs is 1. The van der Waals surface area contributed by atoms with Gasteiger partial charge in [0.1, 0.15) is 5.69 Å². The fraction of sp³-hybridized carbons (Fsp3) is 0.458. The summed E-state index contributed by atoms with van der Waals surface area (Å²) in [4.78, 5) is 19.6. The summed E-state index contributed by atoms with van der Waals surface area (Å²) in [6.07, 6.45) is 10.2. The van der Waals surface area contributed by atoms with Gasteiger partial charge in [0.05, 0.1) is 23.5 Å². The van der Waals surface area contributed by atoms with Gasteiger partial charge in [-0.2, -0.15) is 0 Å². The first-order valence-corrected chi connectivity index (χ1v) is 11.5. The van der Waals surface area contributed by atoms with Crippen molar-refractivity contribution in [3.63, 3.8) is 0 Å². The molecular formula is C24H32N6O2. The molecule has 1 fully saturated rings. The third kappa shape index (κ3) is 5.26. The predicted molar refractivity (Wildman–Crippen MR) is 128 cm³/mol. The molecule has 1 aliphatic carbocycles. The quantitative estimate of drug-likeness (QED) is 0.413. The van der Waals surface area contributed by atoms with Crippen LogP contribution in [0.3, 0.4) is 0 Å². The summed E-state index contributed by atoms with van der Waals surface area (Å²) in [5.41, 5.74) is 3.54. The molecule has 0 aromatic carbocycles. The van der Waals surface area contributed by atoms with E-state index in [2.05, 4.69) is 15.5 Å². The van der Waals surface area contributed by atoms with Crippen LogP contribution in [0, 0.1) is 0 Å². The van der Waals surface area contributed by atoms with Crippen molar-refractivity contribution in [3.8, 4) is 0 Å². The number of anilines is 1. The molecule has 2 aromatic heterocycles. The number of piperidine rings is 1. The molecule has 0 bridgehead atoms. The second-order valence-electron chi connectivity index (χ2n) is 8.31. The summed E-state index contributed by atoms with van der Waals surface area (Å²) >= 11 is 0. The maximum absolute atomic E-state index is 12.2. The molecule has 0 unspecified atom stereocenters. The lowest BCUT2D eigenvalue weighted by molar-refractivity contribution is -0.111. The van der Waals surface area contributed by atoms with Crippen LogP contribution >= 0.6 is 0 Å². The number of pyridine rings is 1. The van der Waals surface area contributed by atoms with Crippen LogP contribution in [0.2, 0.25) is 0 Å². The van der Waals surface area contributed by atoms with Crippen LogP contribution < -0.4 is 10.6 Å². The second kappa shape index (κ2) is 10.6. The number of aliphatic imine (C=N–C) groups is 1. The highest BCUT2D eigenvalue weighted by molar-refractivity contribution is 6.22. The van der Waals surface area contributed by atoms with Crippen LogP contribution in [0.25, 0.3) is 5.52 Å². The van der Waals surface area contributed by atoms with E-state index in [9.17, 15) is 9.90 Å². The van der Waals surface area contributed by atoms with Gasteiger partial charge < -0.3 is 20.6 Å². The number of allylic oxidation sites excluding steroid dienone is 3. The van der Waals surface area contributed by atoms with Crippen molar-refractivity contribution in [1.29, 1.82) is 0 Å². The molecule has 32 heavy (non-hydrogen) atoms. The fourth-order valence-corrected chi connectivity index (χ4v) is 4.13. The number of hydrogen-bond acceptors (Lipinski definition) is 7. The zero-order valence-electron chi connectivity index (χ0n) is 18.7. The van der Waals surface area contributed by atoms with Gasteiger partial charge in [-0.1, -0.05) is 12.5 Å². The van der Waals surface area contributed by atoms with Gasteiger partial charge in [0.25, 0.3) is 0 Å². The number of aromatic nitrogens is 2. The topological polar surface area (TPSA) is 94.3 Å². The molecule has 3 N–H and O–H groups in total. The van der Waals surface area contributed by atoms with Crippen LogP contribution in [0.1, 0.15) is 32.6 Å². The number of rotatable bonds is 9. The van der Waals surface area contributed by atoms with Crippen molar-refractivity contribution in [3.05, 3.63) is 47.8 Å². The normalized spacial score (nSPS) is 18.7. The largest absolute Gasteiger partial charge is 0.395 e. The Balaban J connectivity index is 1.56. The Kier molecular flexibility index (Phi) is 7.34. The molecule has 170 valence electrons. The molecule has 1 saturated heterocycles. The number of aliphatic hydroxyl groups is 1. The van der Waals surface area contributed by atoms with E-state index in [1.807, 2.05) is 28.9 Å². The molecule has 8 nitrogen and oxygen atoms in total. The summed E-state index contributed by atoms with van der Waals surface area (Å²) in [7, 11) is 0. The van der Waals surface area contributed by atoms with Gasteiger partial charge in [0.2, 0.25) is 0 Å². The van der Waals surface area contributed by atoms with Crippen molar-refractivity contribution in [1.82, 2.24) is 19.8 Å². The average Bonchev–Trinajstić information content (AvgIpc) is 3.16. The molecule has 0 radical (unpaired) electrons. The van der Waals surface area contributed by atoms with Crippen molar-refractivity contribution in [2.75, 3.05) is 44.6 Å². The number of aliphatic hydroxyl groups excluding tert-OH is 1. The standard InChI is InChI=1S/C24H32N6O2/c1-18-16-20(19(17-22(18)32)25-10-15-31)27-23-21-8-3-6-14-30(21)28-24(23)26-9-7-13-29-11-4-2-5-12-29/h3,6,8,14,16-17,25,31H,2,4-5,7,9-13,15H2,1H3,(H,26,28). The maximum Gasteiger partial charge on any atom is 0.183 e. The maximum atomic E-state index is 12.2. The highest BCUT2D eigenvalue weighted by Gasteiger charge is 2.19. The smallest absolute Gasteiger partial charge is 0.183 e. The zero-order valence-corrected chi connectivity index (χ0v) is 18.7. The molecule has 0 amide bonds. The number of carbonyl (C=O) groups excluding carboxylic acids is 1. The highest BCUT2D eigenvalue weighted by Crippen LogP contribution is 2.31. The Labute approximate surface area is 188 Å². The molecule has 4 rings (SSSR count). The Morgan fingerprint density at radius 2 is 1.97 bits per heavy atom. The second-order valence-corrected chi connectivity index (χ2v) is 8.31. The number of hydrogen-bond donors (Lipinski definition) is 3. The summed E-state index contributed by atoms with van der Waals surface area (Å²) in [6, 6.07) is 5.89. The van der Waals surface area contributed by atoms with Gasteiger partial charge in [-0.25, -0.2) is 9.51 Å². The van der Waals surface area contributed by atoms with E-state index in [1.165, 1.54) is 32.4 Å². The minimum absolute atomic E-state index is 0.0257. The summed E-state index contributed by atoms with van der Waals surface area (Å²) < 4.78 is 1.82. The highest BCUT2D eigenvalue weighted by atomic mass is 16.3. The van der Waals surface area contributed by atoms with Crippen LogP contribution in [0.4, 0.5) is 11.5 Å². The Hall–Kier alpha value is -2.97. The van der Waals surface area contributed by atoms with Crippen LogP contribution in [-0.4, -0.2) is 70.4 Å². The number of nitrogens with one attached hydrogen (secondary N) is 2. The van der Waals surface area contributed by atoms with Crippen molar-refractivity contribution >= 4 is 28.5 Å². The van der Waals surface area contributed by atoms with Gasteiger partial charge >= 0.3 is 0 Å². The van der Waals surface area contributed by atoms with Crippen molar-refractivity contribution in [2.24, 2.45) is 4.99 Å². The fourth-order valence-electron chi connectivity index (χ4n) is 4.13. The van der Waals surface area contributed by atoms with Gasteiger partial charge in [-0.3, -0.25) is 4.79 Å². The zero-order chi connectivity index (χ0) is 22.3. The molecule has 2 aromatic rings. The third-order valence-corrected chi connectivity index (χ3v) is 5.86. The van der Waals surface area contributed by atoms with E-state index in [0.717, 1.165) is 36.5 Å². The van der Waals surface area contributed by atoms with Crippen LogP contribution in [-0.2, 0) is 4.79 Å². The Bertz CT molecular complexity index is 1050. The average molecular weight is 437 g/mol. The summed E-state index contributed by atoms with van der Waals surface area (Å²) in [5.74, 6) is 0.673. The number of likely N-dealkylation sites (tertiary alicyclic amines) is 1. The first-order valence-electron chi connectivity index (χ1n) is 11.5. The Morgan fingerprint density at radius 1 is 1.12 bits per heavy atom. The van der Waals surface area contributed by atoms with Crippen LogP contribution in [0.5, 0.6) is 0 Å². The molecule has 0 spiro atoms. The lowest BCUT2D eigenvalue weighted by atomic mass is 10.0. The molecule has 3 heterocycles. The van der Waals surface area contributed by atoms with E-state index in [4.69, 9.17) is 10.1 Å². The van der Waals surface area contributed by atoms with Crippen molar-refractivity contribution in [2.45, 2.75) is 32.6 Å². The number of ketones is 1. The van der Waals surface area contributed by atoms with Crippen LogP contribution in [0.15, 0.2) is 52.8 Å². The monoisotopic (exact) mass is 436 g/mol. The Morgan fingerprint density at radius 3 is 2.78 bits per heavy atom. The number of carbonyl (C=O) groups is 1. The van der Waals surface area contributed by atoms with Gasteiger partial charge in [-0.15, -0.1) is 5.10 Å². The lowest BCUT2D eigenvalue weighted by Crippen LogP contribution is -2.31. The van der Waals surface area contributed by atoms with E-state index in [0.29, 0.717) is 23.5 Å². The molecular weight excluding hydrogens is 404 g/mol. The van der Waals surface area contributed by atoms with Crippen molar-refractivity contribution < 1.29 is 9.90 Å². The van der Waals surface area contributed by atoms with E-state index < -0.39 is 0 Å². The number of nitrogens with zero attached hydrogens (tertiary/aromatic N) is 4.